The van der Waals surface area contributed by atoms with E-state index in [0.29, 0.717) is 12.6 Å². The van der Waals surface area contributed by atoms with Crippen LogP contribution in [0.1, 0.15) is 37.9 Å². The molecule has 1 aromatic heterocycles. The second kappa shape index (κ2) is 4.69. The molecule has 2 unspecified atom stereocenters. The van der Waals surface area contributed by atoms with E-state index in [1.54, 1.807) is 0 Å². The van der Waals surface area contributed by atoms with Crippen molar-refractivity contribution in [3.63, 3.8) is 0 Å². The van der Waals surface area contributed by atoms with E-state index in [-0.39, 0.29) is 0 Å². The maximum Gasteiger partial charge on any atom is 0.131 e. The molecule has 0 saturated carbocycles. The third kappa shape index (κ3) is 2.06. The molecule has 1 aliphatic rings. The predicted octanol–water partition coefficient (Wildman–Crippen LogP) is 1.81. The molecule has 0 aromatic carbocycles. The van der Waals surface area contributed by atoms with Crippen LogP contribution in [0, 0.1) is 12.8 Å². The van der Waals surface area contributed by atoms with Gasteiger partial charge in [-0.05, 0) is 32.6 Å². The fourth-order valence-electron chi connectivity index (χ4n) is 2.92. The van der Waals surface area contributed by atoms with Gasteiger partial charge in [0.25, 0.3) is 0 Å². The highest BCUT2D eigenvalue weighted by molar-refractivity contribution is 5.51. The molecule has 2 rings (SSSR count). The predicted molar refractivity (Wildman–Crippen MR) is 71.0 cm³/mol. The highest BCUT2D eigenvalue weighted by atomic mass is 15.4. The molecule has 4 heteroatoms. The lowest BCUT2D eigenvalue weighted by atomic mass is 9.92. The van der Waals surface area contributed by atoms with Crippen molar-refractivity contribution in [1.29, 1.82) is 0 Å². The lowest BCUT2D eigenvalue weighted by Gasteiger charge is -2.39. The van der Waals surface area contributed by atoms with Gasteiger partial charge in [0.05, 0.1) is 5.69 Å². The minimum absolute atomic E-state index is 0.573. The van der Waals surface area contributed by atoms with E-state index in [2.05, 4.69) is 23.8 Å². The average molecular weight is 236 g/mol. The summed E-state index contributed by atoms with van der Waals surface area (Å²) in [7, 11) is 2.02. The minimum atomic E-state index is 0.573. The van der Waals surface area contributed by atoms with Gasteiger partial charge < -0.3 is 10.6 Å². The van der Waals surface area contributed by atoms with E-state index in [9.17, 15) is 0 Å². The van der Waals surface area contributed by atoms with Crippen LogP contribution in [0.4, 0.5) is 5.82 Å². The fourth-order valence-corrected chi connectivity index (χ4v) is 2.92. The molecule has 0 spiro atoms. The average Bonchev–Trinajstić information content (AvgIpc) is 2.57. The topological polar surface area (TPSA) is 47.1 Å². The number of rotatable bonds is 2. The summed E-state index contributed by atoms with van der Waals surface area (Å²) in [6.07, 6.45) is 2.59. The van der Waals surface area contributed by atoms with Gasteiger partial charge in [0.15, 0.2) is 0 Å². The second-order valence-electron chi connectivity index (χ2n) is 5.27. The zero-order chi connectivity index (χ0) is 12.6. The normalized spacial score (nSPS) is 25.4. The number of hydrogen-bond donors (Lipinski definition) is 1. The SMILES string of the molecule is Cc1nn(C)c(N2CCCC(C)C2C)c1CN. The van der Waals surface area contributed by atoms with Crippen molar-refractivity contribution in [2.45, 2.75) is 46.2 Å². The van der Waals surface area contributed by atoms with Gasteiger partial charge in [0.2, 0.25) is 0 Å². The molecule has 1 aromatic rings. The second-order valence-corrected chi connectivity index (χ2v) is 5.27. The Balaban J connectivity index is 2.38. The maximum absolute atomic E-state index is 5.87. The largest absolute Gasteiger partial charge is 0.354 e. The summed E-state index contributed by atoms with van der Waals surface area (Å²) in [6.45, 7) is 8.39. The van der Waals surface area contributed by atoms with Crippen molar-refractivity contribution in [2.24, 2.45) is 18.7 Å². The van der Waals surface area contributed by atoms with Gasteiger partial charge >= 0.3 is 0 Å². The molecular formula is C13H24N4. The van der Waals surface area contributed by atoms with Crippen molar-refractivity contribution in [2.75, 3.05) is 11.4 Å². The van der Waals surface area contributed by atoms with E-state index in [0.717, 1.165) is 18.2 Å². The van der Waals surface area contributed by atoms with Crippen LogP contribution in [-0.2, 0) is 13.6 Å². The van der Waals surface area contributed by atoms with Crippen molar-refractivity contribution in [3.05, 3.63) is 11.3 Å². The first kappa shape index (κ1) is 12.4. The van der Waals surface area contributed by atoms with Crippen LogP contribution in [0.2, 0.25) is 0 Å². The Hall–Kier alpha value is -1.03. The Morgan fingerprint density at radius 1 is 1.41 bits per heavy atom. The van der Waals surface area contributed by atoms with E-state index in [4.69, 9.17) is 5.73 Å². The van der Waals surface area contributed by atoms with Crippen molar-refractivity contribution >= 4 is 5.82 Å². The molecule has 17 heavy (non-hydrogen) atoms. The first-order chi connectivity index (χ1) is 8.06. The molecule has 0 radical (unpaired) electrons. The summed E-state index contributed by atoms with van der Waals surface area (Å²) in [4.78, 5) is 2.48. The highest BCUT2D eigenvalue weighted by Crippen LogP contribution is 2.31. The van der Waals surface area contributed by atoms with Crippen molar-refractivity contribution in [1.82, 2.24) is 9.78 Å². The number of piperidine rings is 1. The van der Waals surface area contributed by atoms with Gasteiger partial charge in [-0.3, -0.25) is 4.68 Å². The molecular weight excluding hydrogens is 212 g/mol. The van der Waals surface area contributed by atoms with Crippen LogP contribution in [0.3, 0.4) is 0 Å². The first-order valence-corrected chi connectivity index (χ1v) is 6.55. The summed E-state index contributed by atoms with van der Waals surface area (Å²) in [5.74, 6) is 1.97. The maximum atomic E-state index is 5.87. The molecule has 2 atom stereocenters. The smallest absolute Gasteiger partial charge is 0.131 e. The highest BCUT2D eigenvalue weighted by Gasteiger charge is 2.28. The van der Waals surface area contributed by atoms with Crippen LogP contribution in [0.5, 0.6) is 0 Å². The molecule has 2 N–H and O–H groups in total. The summed E-state index contributed by atoms with van der Waals surface area (Å²) in [5, 5.41) is 4.51. The number of anilines is 1. The van der Waals surface area contributed by atoms with Gasteiger partial charge in [-0.2, -0.15) is 5.10 Å². The summed E-state index contributed by atoms with van der Waals surface area (Å²) < 4.78 is 1.99. The zero-order valence-electron chi connectivity index (χ0n) is 11.4. The first-order valence-electron chi connectivity index (χ1n) is 6.55. The molecule has 0 bridgehead atoms. The number of hydrogen-bond acceptors (Lipinski definition) is 3. The molecule has 2 heterocycles. The molecule has 1 fully saturated rings. The van der Waals surface area contributed by atoms with Crippen LogP contribution < -0.4 is 10.6 Å². The van der Waals surface area contributed by atoms with Crippen LogP contribution >= 0.6 is 0 Å². The van der Waals surface area contributed by atoms with Crippen LogP contribution in [-0.4, -0.2) is 22.4 Å². The third-order valence-electron chi connectivity index (χ3n) is 4.16. The Morgan fingerprint density at radius 2 is 2.12 bits per heavy atom. The van der Waals surface area contributed by atoms with Crippen LogP contribution in [0.15, 0.2) is 0 Å². The molecule has 4 nitrogen and oxygen atoms in total. The van der Waals surface area contributed by atoms with Gasteiger partial charge in [-0.1, -0.05) is 6.92 Å². The van der Waals surface area contributed by atoms with E-state index < -0.39 is 0 Å². The van der Waals surface area contributed by atoms with Gasteiger partial charge in [0, 0.05) is 31.7 Å². The molecule has 96 valence electrons. The van der Waals surface area contributed by atoms with Crippen molar-refractivity contribution < 1.29 is 0 Å². The van der Waals surface area contributed by atoms with E-state index in [1.807, 2.05) is 18.7 Å². The number of aromatic nitrogens is 2. The van der Waals surface area contributed by atoms with E-state index in [1.165, 1.54) is 24.2 Å². The summed E-state index contributed by atoms with van der Waals surface area (Å²) >= 11 is 0. The number of aryl methyl sites for hydroxylation is 2. The monoisotopic (exact) mass is 236 g/mol. The summed E-state index contributed by atoms with van der Waals surface area (Å²) in [6, 6.07) is 0.573. The fraction of sp³-hybridized carbons (Fsp3) is 0.769. The van der Waals surface area contributed by atoms with E-state index >= 15 is 0 Å². The molecule has 0 aliphatic carbocycles. The minimum Gasteiger partial charge on any atom is -0.354 e. The third-order valence-corrected chi connectivity index (χ3v) is 4.16. The molecule has 1 saturated heterocycles. The van der Waals surface area contributed by atoms with Gasteiger partial charge in [-0.25, -0.2) is 0 Å². The molecule has 1 aliphatic heterocycles. The number of nitrogens with zero attached hydrogens (tertiary/aromatic N) is 3. The Kier molecular flexibility index (Phi) is 3.43. The Labute approximate surface area is 104 Å². The standard InChI is InChI=1S/C13H24N4/c1-9-6-5-7-17(11(9)3)13-12(8-14)10(2)15-16(13)4/h9,11H,5-8,14H2,1-4H3. The quantitative estimate of drug-likeness (QED) is 0.852. The lowest BCUT2D eigenvalue weighted by molar-refractivity contribution is 0.358. The van der Waals surface area contributed by atoms with Crippen LogP contribution in [0.25, 0.3) is 0 Å². The lowest BCUT2D eigenvalue weighted by Crippen LogP contribution is -2.44. The van der Waals surface area contributed by atoms with Gasteiger partial charge in [0.1, 0.15) is 5.82 Å². The van der Waals surface area contributed by atoms with Gasteiger partial charge in [-0.15, -0.1) is 0 Å². The number of nitrogens with two attached hydrogens (primary N) is 1. The van der Waals surface area contributed by atoms with Crippen molar-refractivity contribution in [3.8, 4) is 0 Å². The molecule has 0 amide bonds. The summed E-state index contributed by atoms with van der Waals surface area (Å²) in [5.41, 5.74) is 8.14. The Morgan fingerprint density at radius 3 is 2.76 bits per heavy atom. The Bertz CT molecular complexity index is 396. The zero-order valence-corrected chi connectivity index (χ0v) is 11.4.